The van der Waals surface area contributed by atoms with Crippen molar-refractivity contribution in [3.8, 4) is 0 Å². The number of carbonyl (C=O) groups excluding carboxylic acids is 1. The van der Waals surface area contributed by atoms with Gasteiger partial charge in [0.05, 0.1) is 5.69 Å². The number of para-hydroxylation sites is 1. The van der Waals surface area contributed by atoms with Gasteiger partial charge in [-0.05, 0) is 18.6 Å². The molecule has 0 saturated heterocycles. The van der Waals surface area contributed by atoms with E-state index in [0.717, 1.165) is 30.6 Å². The second kappa shape index (κ2) is 7.44. The summed E-state index contributed by atoms with van der Waals surface area (Å²) in [6, 6.07) is 6.68. The number of amides is 1. The number of hydrogen-bond donors (Lipinski definition) is 3. The van der Waals surface area contributed by atoms with E-state index in [2.05, 4.69) is 20.8 Å². The molecule has 1 aliphatic heterocycles. The zero-order valence-electron chi connectivity index (χ0n) is 13.7. The van der Waals surface area contributed by atoms with E-state index in [9.17, 15) is 9.18 Å². The lowest BCUT2D eigenvalue weighted by Crippen LogP contribution is -2.30. The van der Waals surface area contributed by atoms with Gasteiger partial charge in [0.2, 0.25) is 0 Å². The van der Waals surface area contributed by atoms with Crippen LogP contribution in [0.4, 0.5) is 10.1 Å². The highest BCUT2D eigenvalue weighted by molar-refractivity contribution is 5.94. The molecular formula is C17H22FN5O. The Morgan fingerprint density at radius 2 is 2.25 bits per heavy atom. The van der Waals surface area contributed by atoms with E-state index in [0.29, 0.717) is 31.0 Å². The molecule has 0 spiro atoms. The van der Waals surface area contributed by atoms with Gasteiger partial charge in [-0.3, -0.25) is 9.89 Å². The molecule has 0 unspecified atom stereocenters. The van der Waals surface area contributed by atoms with Crippen molar-refractivity contribution >= 4 is 11.6 Å². The molecule has 1 aromatic heterocycles. The van der Waals surface area contributed by atoms with Crippen molar-refractivity contribution in [1.82, 2.24) is 20.8 Å². The number of benzene rings is 1. The Balaban J connectivity index is 1.47. The number of anilines is 1. The fraction of sp³-hybridized carbons (Fsp3) is 0.412. The van der Waals surface area contributed by atoms with Crippen molar-refractivity contribution in [3.05, 3.63) is 47.0 Å². The van der Waals surface area contributed by atoms with Crippen molar-refractivity contribution in [3.63, 3.8) is 0 Å². The van der Waals surface area contributed by atoms with Crippen LogP contribution in [-0.2, 0) is 13.0 Å². The van der Waals surface area contributed by atoms with Gasteiger partial charge in [0.1, 0.15) is 5.82 Å². The molecule has 2 aromatic rings. The van der Waals surface area contributed by atoms with Gasteiger partial charge in [-0.25, -0.2) is 4.39 Å². The zero-order chi connectivity index (χ0) is 16.9. The van der Waals surface area contributed by atoms with Crippen molar-refractivity contribution in [2.24, 2.45) is 0 Å². The van der Waals surface area contributed by atoms with Crippen LogP contribution >= 0.6 is 0 Å². The summed E-state index contributed by atoms with van der Waals surface area (Å²) in [6.45, 7) is 2.75. The summed E-state index contributed by atoms with van der Waals surface area (Å²) in [7, 11) is 1.84. The second-order valence-corrected chi connectivity index (χ2v) is 5.94. The third kappa shape index (κ3) is 3.56. The Morgan fingerprint density at radius 3 is 3.08 bits per heavy atom. The minimum absolute atomic E-state index is 0.162. The predicted molar refractivity (Wildman–Crippen MR) is 90.6 cm³/mol. The van der Waals surface area contributed by atoms with Gasteiger partial charge in [-0.2, -0.15) is 5.10 Å². The number of fused-ring (bicyclic) bond motifs is 1. The van der Waals surface area contributed by atoms with Crippen molar-refractivity contribution in [2.45, 2.75) is 19.4 Å². The second-order valence-electron chi connectivity index (χ2n) is 5.94. The molecule has 0 saturated carbocycles. The van der Waals surface area contributed by atoms with E-state index in [4.69, 9.17) is 0 Å². The van der Waals surface area contributed by atoms with Crippen LogP contribution in [0, 0.1) is 5.82 Å². The van der Waals surface area contributed by atoms with E-state index >= 15 is 0 Å². The minimum Gasteiger partial charge on any atom is -0.372 e. The maximum absolute atomic E-state index is 13.7. The first kappa shape index (κ1) is 16.4. The molecule has 0 fully saturated rings. The Bertz CT molecular complexity index is 715. The van der Waals surface area contributed by atoms with Crippen molar-refractivity contribution in [1.29, 1.82) is 0 Å². The van der Waals surface area contributed by atoms with E-state index in [1.54, 1.807) is 12.1 Å². The van der Waals surface area contributed by atoms with Crippen LogP contribution in [-0.4, -0.2) is 42.8 Å². The smallest absolute Gasteiger partial charge is 0.272 e. The largest absolute Gasteiger partial charge is 0.372 e. The molecule has 1 amide bonds. The molecule has 1 aliphatic rings. The maximum Gasteiger partial charge on any atom is 0.272 e. The molecule has 3 rings (SSSR count). The summed E-state index contributed by atoms with van der Waals surface area (Å²) in [4.78, 5) is 14.1. The Hall–Kier alpha value is -2.41. The lowest BCUT2D eigenvalue weighted by molar-refractivity contribution is 0.0947. The van der Waals surface area contributed by atoms with Crippen LogP contribution in [0.1, 0.15) is 28.2 Å². The lowest BCUT2D eigenvalue weighted by atomic mass is 10.1. The molecule has 2 heterocycles. The predicted octanol–water partition coefficient (Wildman–Crippen LogP) is 1.45. The molecule has 128 valence electrons. The highest BCUT2D eigenvalue weighted by Crippen LogP contribution is 2.17. The summed E-state index contributed by atoms with van der Waals surface area (Å²) >= 11 is 0. The fourth-order valence-corrected chi connectivity index (χ4v) is 2.90. The number of nitrogens with zero attached hydrogens (tertiary/aromatic N) is 2. The Kier molecular flexibility index (Phi) is 5.10. The number of nitrogens with one attached hydrogen (secondary N) is 3. The minimum atomic E-state index is -0.236. The van der Waals surface area contributed by atoms with Gasteiger partial charge in [0.25, 0.3) is 5.91 Å². The number of hydrogen-bond acceptors (Lipinski definition) is 4. The van der Waals surface area contributed by atoms with Gasteiger partial charge in [-0.15, -0.1) is 0 Å². The van der Waals surface area contributed by atoms with Crippen molar-refractivity contribution in [2.75, 3.05) is 31.6 Å². The number of carbonyl (C=O) groups is 1. The third-order valence-corrected chi connectivity index (χ3v) is 4.24. The van der Waals surface area contributed by atoms with E-state index in [1.807, 2.05) is 18.0 Å². The van der Waals surface area contributed by atoms with Crippen molar-refractivity contribution < 1.29 is 9.18 Å². The molecule has 0 radical (unpaired) electrons. The molecular weight excluding hydrogens is 309 g/mol. The number of aromatic amines is 1. The molecule has 0 atom stereocenters. The number of rotatable bonds is 6. The molecule has 7 heteroatoms. The number of halogens is 1. The standard InChI is InChI=1S/C17H22FN5O/c1-23(15-6-3-2-5-13(15)18)10-4-8-20-17(24)16-12-11-19-9-7-14(12)21-22-16/h2-3,5-6,19H,4,7-11H2,1H3,(H,20,24)(H,21,22). The monoisotopic (exact) mass is 331 g/mol. The van der Waals surface area contributed by atoms with Crippen LogP contribution < -0.4 is 15.5 Å². The van der Waals surface area contributed by atoms with Crippen LogP contribution in [0.15, 0.2) is 24.3 Å². The first-order valence-electron chi connectivity index (χ1n) is 8.17. The van der Waals surface area contributed by atoms with E-state index < -0.39 is 0 Å². The topological polar surface area (TPSA) is 73.0 Å². The third-order valence-electron chi connectivity index (χ3n) is 4.24. The zero-order valence-corrected chi connectivity index (χ0v) is 13.7. The average molecular weight is 331 g/mol. The Morgan fingerprint density at radius 1 is 1.42 bits per heavy atom. The van der Waals surface area contributed by atoms with E-state index in [-0.39, 0.29) is 11.7 Å². The highest BCUT2D eigenvalue weighted by atomic mass is 19.1. The molecule has 0 aliphatic carbocycles. The summed E-state index contributed by atoms with van der Waals surface area (Å²) in [6.07, 6.45) is 1.59. The highest BCUT2D eigenvalue weighted by Gasteiger charge is 2.21. The van der Waals surface area contributed by atoms with Crippen LogP contribution in [0.3, 0.4) is 0 Å². The first-order chi connectivity index (χ1) is 11.7. The van der Waals surface area contributed by atoms with Gasteiger partial charge in [0, 0.05) is 50.9 Å². The quantitative estimate of drug-likeness (QED) is 0.701. The van der Waals surface area contributed by atoms with Gasteiger partial charge < -0.3 is 15.5 Å². The first-order valence-corrected chi connectivity index (χ1v) is 8.17. The normalized spacial score (nSPS) is 13.4. The summed E-state index contributed by atoms with van der Waals surface area (Å²) in [5, 5.41) is 13.2. The van der Waals surface area contributed by atoms with Crippen LogP contribution in [0.5, 0.6) is 0 Å². The number of aromatic nitrogens is 2. The van der Waals surface area contributed by atoms with Gasteiger partial charge in [-0.1, -0.05) is 12.1 Å². The molecule has 6 nitrogen and oxygen atoms in total. The van der Waals surface area contributed by atoms with Crippen LogP contribution in [0.25, 0.3) is 0 Å². The fourth-order valence-electron chi connectivity index (χ4n) is 2.90. The average Bonchev–Trinajstić information content (AvgIpc) is 3.03. The lowest BCUT2D eigenvalue weighted by Gasteiger charge is -2.19. The summed E-state index contributed by atoms with van der Waals surface area (Å²) in [5.41, 5.74) is 3.04. The molecule has 0 bridgehead atoms. The molecule has 24 heavy (non-hydrogen) atoms. The van der Waals surface area contributed by atoms with E-state index in [1.165, 1.54) is 6.07 Å². The SMILES string of the molecule is CN(CCCNC(=O)c1n[nH]c2c1CNCC2)c1ccccc1F. The van der Waals surface area contributed by atoms with Gasteiger partial charge >= 0.3 is 0 Å². The maximum atomic E-state index is 13.7. The van der Waals surface area contributed by atoms with Gasteiger partial charge in [0.15, 0.2) is 5.69 Å². The van der Waals surface area contributed by atoms with Crippen LogP contribution in [0.2, 0.25) is 0 Å². The Labute approximate surface area is 140 Å². The number of H-pyrrole nitrogens is 1. The molecule has 1 aromatic carbocycles. The summed E-state index contributed by atoms with van der Waals surface area (Å²) < 4.78 is 13.7. The molecule has 3 N–H and O–H groups in total. The summed E-state index contributed by atoms with van der Waals surface area (Å²) in [5.74, 6) is -0.399.